The highest BCUT2D eigenvalue weighted by Crippen LogP contribution is 2.20. The Bertz CT molecular complexity index is 211. The standard InChI is InChI=1S/C6H9BO4/c8-5-1-3-6(9,4-2-5)7(10)11/h1-3,8-11H,4H2. The van der Waals surface area contributed by atoms with Gasteiger partial charge >= 0.3 is 7.12 Å². The zero-order chi connectivity index (χ0) is 8.48. The molecule has 5 heteroatoms. The quantitative estimate of drug-likeness (QED) is 0.372. The van der Waals surface area contributed by atoms with Gasteiger partial charge in [0.15, 0.2) is 0 Å². The number of aliphatic hydroxyl groups excluding tert-OH is 1. The van der Waals surface area contributed by atoms with E-state index in [1.54, 1.807) is 0 Å². The van der Waals surface area contributed by atoms with E-state index in [1.807, 2.05) is 0 Å². The molecule has 0 bridgehead atoms. The van der Waals surface area contributed by atoms with Crippen molar-refractivity contribution in [2.45, 2.75) is 11.9 Å². The zero-order valence-corrected chi connectivity index (χ0v) is 5.81. The molecular weight excluding hydrogens is 147 g/mol. The Morgan fingerprint density at radius 2 is 2.09 bits per heavy atom. The summed E-state index contributed by atoms with van der Waals surface area (Å²) in [5.41, 5.74) is -1.65. The molecule has 0 aromatic carbocycles. The lowest BCUT2D eigenvalue weighted by Crippen LogP contribution is -2.45. The number of allylic oxidation sites excluding steroid dienone is 1. The molecule has 11 heavy (non-hydrogen) atoms. The molecule has 0 aliphatic heterocycles. The van der Waals surface area contributed by atoms with Gasteiger partial charge in [-0.3, -0.25) is 0 Å². The molecule has 0 radical (unpaired) electrons. The van der Waals surface area contributed by atoms with Crippen LogP contribution in [0.2, 0.25) is 0 Å². The van der Waals surface area contributed by atoms with Crippen molar-refractivity contribution in [1.29, 1.82) is 0 Å². The molecule has 4 N–H and O–H groups in total. The first-order valence-electron chi connectivity index (χ1n) is 3.21. The van der Waals surface area contributed by atoms with Crippen molar-refractivity contribution in [3.05, 3.63) is 24.0 Å². The van der Waals surface area contributed by atoms with Gasteiger partial charge in [0.25, 0.3) is 0 Å². The van der Waals surface area contributed by atoms with Crippen molar-refractivity contribution in [2.24, 2.45) is 0 Å². The van der Waals surface area contributed by atoms with Crippen LogP contribution in [0.1, 0.15) is 6.42 Å². The van der Waals surface area contributed by atoms with Crippen LogP contribution in [0.3, 0.4) is 0 Å². The highest BCUT2D eigenvalue weighted by Gasteiger charge is 2.38. The van der Waals surface area contributed by atoms with Gasteiger partial charge in [-0.2, -0.15) is 0 Å². The molecule has 1 aliphatic rings. The summed E-state index contributed by atoms with van der Waals surface area (Å²) in [6.45, 7) is 0. The number of hydrogen-bond donors (Lipinski definition) is 4. The van der Waals surface area contributed by atoms with Crippen LogP contribution in [-0.2, 0) is 0 Å². The number of hydrogen-bond acceptors (Lipinski definition) is 4. The maximum atomic E-state index is 9.32. The topological polar surface area (TPSA) is 80.9 Å². The van der Waals surface area contributed by atoms with E-state index < -0.39 is 12.6 Å². The van der Waals surface area contributed by atoms with Crippen LogP contribution in [0.15, 0.2) is 24.0 Å². The molecule has 0 spiro atoms. The number of aliphatic hydroxyl groups is 2. The van der Waals surface area contributed by atoms with Crippen LogP contribution in [0.4, 0.5) is 0 Å². The molecule has 0 aromatic heterocycles. The van der Waals surface area contributed by atoms with E-state index in [-0.39, 0.29) is 12.2 Å². The highest BCUT2D eigenvalue weighted by atomic mass is 16.4. The van der Waals surface area contributed by atoms with Gasteiger partial charge in [-0.05, 0) is 12.2 Å². The molecule has 0 amide bonds. The first-order valence-corrected chi connectivity index (χ1v) is 3.21. The molecule has 4 nitrogen and oxygen atoms in total. The van der Waals surface area contributed by atoms with Crippen molar-refractivity contribution in [1.82, 2.24) is 0 Å². The number of rotatable bonds is 1. The molecule has 1 unspecified atom stereocenters. The normalized spacial score (nSPS) is 29.9. The van der Waals surface area contributed by atoms with Crippen molar-refractivity contribution >= 4 is 7.12 Å². The predicted molar refractivity (Wildman–Crippen MR) is 39.6 cm³/mol. The highest BCUT2D eigenvalue weighted by molar-refractivity contribution is 6.46. The van der Waals surface area contributed by atoms with Crippen LogP contribution < -0.4 is 0 Å². The molecule has 1 atom stereocenters. The van der Waals surface area contributed by atoms with Crippen molar-refractivity contribution in [2.75, 3.05) is 0 Å². The largest absolute Gasteiger partial charge is 0.508 e. The second kappa shape index (κ2) is 2.69. The first kappa shape index (κ1) is 8.32. The predicted octanol–water partition coefficient (Wildman–Crippen LogP) is -0.869. The Morgan fingerprint density at radius 3 is 2.45 bits per heavy atom. The van der Waals surface area contributed by atoms with E-state index in [4.69, 9.17) is 15.2 Å². The van der Waals surface area contributed by atoms with Gasteiger partial charge in [0.1, 0.15) is 11.3 Å². The Kier molecular flexibility index (Phi) is 2.04. The third kappa shape index (κ3) is 1.62. The monoisotopic (exact) mass is 156 g/mol. The van der Waals surface area contributed by atoms with E-state index in [0.29, 0.717) is 0 Å². The van der Waals surface area contributed by atoms with Crippen molar-refractivity contribution < 1.29 is 20.3 Å². The molecule has 0 aromatic rings. The lowest BCUT2D eigenvalue weighted by atomic mass is 9.65. The summed E-state index contributed by atoms with van der Waals surface area (Å²) < 4.78 is 0. The van der Waals surface area contributed by atoms with Crippen molar-refractivity contribution in [3.8, 4) is 0 Å². The Balaban J connectivity index is 2.74. The van der Waals surface area contributed by atoms with E-state index in [0.717, 1.165) is 6.08 Å². The minimum atomic E-state index is -1.82. The minimum Gasteiger partial charge on any atom is -0.508 e. The van der Waals surface area contributed by atoms with Gasteiger partial charge in [0.2, 0.25) is 0 Å². The minimum absolute atomic E-state index is 0.00694. The van der Waals surface area contributed by atoms with Crippen LogP contribution in [0, 0.1) is 0 Å². The fraction of sp³-hybridized carbons (Fsp3) is 0.333. The molecule has 60 valence electrons. The average Bonchev–Trinajstić information content (AvgIpc) is 1.95. The van der Waals surface area contributed by atoms with Crippen LogP contribution in [-0.4, -0.2) is 32.9 Å². The molecule has 0 saturated heterocycles. The van der Waals surface area contributed by atoms with Gasteiger partial charge in [0.05, 0.1) is 0 Å². The summed E-state index contributed by atoms with van der Waals surface area (Å²) in [6.07, 6.45) is 3.71. The van der Waals surface area contributed by atoms with Gasteiger partial charge in [-0.25, -0.2) is 0 Å². The Labute approximate surface area is 64.2 Å². The van der Waals surface area contributed by atoms with Gasteiger partial charge in [-0.1, -0.05) is 6.08 Å². The molecule has 1 rings (SSSR count). The van der Waals surface area contributed by atoms with E-state index in [1.165, 1.54) is 12.2 Å². The smallest absolute Gasteiger partial charge is 0.490 e. The van der Waals surface area contributed by atoms with E-state index in [2.05, 4.69) is 0 Å². The molecule has 0 heterocycles. The van der Waals surface area contributed by atoms with Crippen molar-refractivity contribution in [3.63, 3.8) is 0 Å². The van der Waals surface area contributed by atoms with Gasteiger partial charge in [0, 0.05) is 6.42 Å². The van der Waals surface area contributed by atoms with Crippen LogP contribution in [0.25, 0.3) is 0 Å². The third-order valence-electron chi connectivity index (χ3n) is 1.63. The second-order valence-electron chi connectivity index (χ2n) is 2.53. The summed E-state index contributed by atoms with van der Waals surface area (Å²) in [7, 11) is -1.82. The molecule has 0 fully saturated rings. The van der Waals surface area contributed by atoms with E-state index in [9.17, 15) is 5.11 Å². The Hall–Kier alpha value is -0.775. The maximum absolute atomic E-state index is 9.32. The third-order valence-corrected chi connectivity index (χ3v) is 1.63. The first-order chi connectivity index (χ1) is 5.04. The molecule has 1 aliphatic carbocycles. The van der Waals surface area contributed by atoms with Crippen LogP contribution in [0.5, 0.6) is 0 Å². The summed E-state index contributed by atoms with van der Waals surface area (Å²) in [6, 6.07) is 0. The fourth-order valence-electron chi connectivity index (χ4n) is 0.825. The van der Waals surface area contributed by atoms with Crippen LogP contribution >= 0.6 is 0 Å². The molecular formula is C6H9BO4. The zero-order valence-electron chi connectivity index (χ0n) is 5.81. The second-order valence-corrected chi connectivity index (χ2v) is 2.53. The summed E-state index contributed by atoms with van der Waals surface area (Å²) in [5, 5.41) is 35.5. The van der Waals surface area contributed by atoms with Gasteiger partial charge < -0.3 is 20.3 Å². The average molecular weight is 156 g/mol. The van der Waals surface area contributed by atoms with Gasteiger partial charge in [-0.15, -0.1) is 0 Å². The Morgan fingerprint density at radius 1 is 1.45 bits per heavy atom. The fourth-order valence-corrected chi connectivity index (χ4v) is 0.825. The lowest BCUT2D eigenvalue weighted by molar-refractivity contribution is 0.127. The summed E-state index contributed by atoms with van der Waals surface area (Å²) >= 11 is 0. The molecule has 0 saturated carbocycles. The summed E-state index contributed by atoms with van der Waals surface area (Å²) in [4.78, 5) is 0. The van der Waals surface area contributed by atoms with E-state index >= 15 is 0 Å². The maximum Gasteiger partial charge on any atom is 0.490 e. The summed E-state index contributed by atoms with van der Waals surface area (Å²) in [5.74, 6) is 0.0234. The SMILES string of the molecule is OB(O)C1(O)C=CC(O)=CC1. The lowest BCUT2D eigenvalue weighted by Gasteiger charge is -2.23.